The minimum absolute atomic E-state index is 0.0198. The van der Waals surface area contributed by atoms with Crippen LogP contribution in [0, 0.1) is 0 Å². The van der Waals surface area contributed by atoms with E-state index in [0.29, 0.717) is 44.6 Å². The number of benzene rings is 7. The van der Waals surface area contributed by atoms with E-state index in [1.165, 1.54) is 31.2 Å². The van der Waals surface area contributed by atoms with Gasteiger partial charge in [-0.15, -0.1) is 0 Å². The van der Waals surface area contributed by atoms with Crippen molar-refractivity contribution < 1.29 is 38.8 Å². The molecule has 0 aliphatic carbocycles. The number of phenols is 3. The lowest BCUT2D eigenvalue weighted by Crippen LogP contribution is -2.02. The number of hydrogen-bond acceptors (Lipinski definition) is 10. The van der Waals surface area contributed by atoms with Crippen molar-refractivity contribution in [3.63, 3.8) is 0 Å². The van der Waals surface area contributed by atoms with Crippen molar-refractivity contribution in [2.75, 3.05) is 0 Å². The Morgan fingerprint density at radius 3 is 1.56 bits per heavy atom. The van der Waals surface area contributed by atoms with Crippen LogP contribution in [0.3, 0.4) is 0 Å². The number of ketones is 2. The van der Waals surface area contributed by atoms with E-state index in [2.05, 4.69) is 0 Å². The molecule has 0 unspecified atom stereocenters. The summed E-state index contributed by atoms with van der Waals surface area (Å²) in [7, 11) is 0. The molecular weight excluding hydrogens is 773 g/mol. The standard InChI is InChI=1S/2C15H10O3.C13H10O2.C8H8O2/c16-13-11-8-4-5-9-12(11)18-15(14(13)17)10-6-2-1-3-7-10;16-11-7-4-8-13-15(11)12(17)9-14(18-13)10-5-2-1-3-6-10;14-12-9-5-4-8-11(12)13(15)10-6-2-1-3-7-10;1-6(9)7-4-2-3-5-8(7)10/h1-9,17H;1-9,16H;1-9,14H;2-5,10H,1H3. The van der Waals surface area contributed by atoms with Crippen LogP contribution >= 0.6 is 0 Å². The Balaban J connectivity index is 0.000000139. The second kappa shape index (κ2) is 19.8. The van der Waals surface area contributed by atoms with Gasteiger partial charge in [-0.05, 0) is 55.5 Å². The molecule has 0 radical (unpaired) electrons. The number of carbonyl (C=O) groups excluding carboxylic acids is 2. The monoisotopic (exact) mass is 810 g/mol. The number of Topliss-reactive ketones (excluding diaryl/α,β-unsaturated/α-hetero) is 1. The second-order valence-electron chi connectivity index (χ2n) is 13.2. The molecule has 10 heteroatoms. The van der Waals surface area contributed by atoms with Crippen LogP contribution in [0.2, 0.25) is 0 Å². The number of hydrogen-bond donors (Lipinski definition) is 4. The zero-order valence-electron chi connectivity index (χ0n) is 32.6. The Labute approximate surface area is 349 Å². The van der Waals surface area contributed by atoms with Gasteiger partial charge < -0.3 is 29.3 Å². The molecule has 0 fully saturated rings. The summed E-state index contributed by atoms with van der Waals surface area (Å²) in [5.41, 5.74) is 3.02. The zero-order valence-corrected chi connectivity index (χ0v) is 32.6. The molecule has 10 nitrogen and oxygen atoms in total. The third-order valence-corrected chi connectivity index (χ3v) is 9.07. The first-order valence-electron chi connectivity index (χ1n) is 18.8. The maximum Gasteiger partial charge on any atom is 0.235 e. The van der Waals surface area contributed by atoms with Gasteiger partial charge in [-0.3, -0.25) is 19.2 Å². The van der Waals surface area contributed by atoms with E-state index in [0.717, 1.165) is 5.56 Å². The lowest BCUT2D eigenvalue weighted by atomic mass is 10.0. The molecule has 0 spiro atoms. The van der Waals surface area contributed by atoms with Gasteiger partial charge in [-0.1, -0.05) is 133 Å². The van der Waals surface area contributed by atoms with Gasteiger partial charge in [-0.25, -0.2) is 0 Å². The van der Waals surface area contributed by atoms with Gasteiger partial charge in [0, 0.05) is 22.8 Å². The summed E-state index contributed by atoms with van der Waals surface area (Å²) in [6.45, 7) is 1.43. The van der Waals surface area contributed by atoms with Crippen LogP contribution in [0.4, 0.5) is 0 Å². The first-order chi connectivity index (χ1) is 29.5. The SMILES string of the molecule is CC(=O)c1ccccc1O.O=C(c1ccccc1)c1ccccc1O.O=c1c(O)c(-c2ccccc2)oc2ccccc12.O=c1cc(-c2ccccc2)oc2cccc(O)c12. The molecule has 0 atom stereocenters. The number of carbonyl (C=O) groups is 2. The Bertz CT molecular complexity index is 3050. The molecule has 61 heavy (non-hydrogen) atoms. The summed E-state index contributed by atoms with van der Waals surface area (Å²) in [4.78, 5) is 46.6. The van der Waals surface area contributed by atoms with Crippen LogP contribution in [-0.2, 0) is 0 Å². The Morgan fingerprint density at radius 1 is 0.475 bits per heavy atom. The van der Waals surface area contributed by atoms with Crippen LogP contribution in [0.5, 0.6) is 23.0 Å². The molecule has 0 amide bonds. The van der Waals surface area contributed by atoms with E-state index < -0.39 is 5.43 Å². The fourth-order valence-corrected chi connectivity index (χ4v) is 6.04. The average molecular weight is 811 g/mol. The summed E-state index contributed by atoms with van der Waals surface area (Å²) in [5.74, 6) is 0.104. The molecule has 302 valence electrons. The van der Waals surface area contributed by atoms with Gasteiger partial charge in [0.25, 0.3) is 0 Å². The number of phenolic OH excluding ortho intramolecular Hbond substituents is 3. The molecule has 2 aromatic heterocycles. The molecule has 9 rings (SSSR count). The summed E-state index contributed by atoms with van der Waals surface area (Å²) in [5, 5.41) is 38.8. The molecule has 4 N–H and O–H groups in total. The van der Waals surface area contributed by atoms with Crippen molar-refractivity contribution in [2.45, 2.75) is 6.92 Å². The largest absolute Gasteiger partial charge is 0.507 e. The van der Waals surface area contributed by atoms with Crippen LogP contribution in [0.15, 0.2) is 206 Å². The van der Waals surface area contributed by atoms with E-state index in [9.17, 15) is 34.5 Å². The Morgan fingerprint density at radius 2 is 0.967 bits per heavy atom. The van der Waals surface area contributed by atoms with Crippen molar-refractivity contribution in [1.82, 2.24) is 0 Å². The van der Waals surface area contributed by atoms with Crippen LogP contribution < -0.4 is 10.9 Å². The fraction of sp³-hybridized carbons (Fsp3) is 0.0196. The first-order valence-corrected chi connectivity index (χ1v) is 18.8. The molecular formula is C51H38O10. The highest BCUT2D eigenvalue weighted by atomic mass is 16.4. The number of aromatic hydroxyl groups is 4. The van der Waals surface area contributed by atoms with Crippen LogP contribution in [0.1, 0.15) is 33.2 Å². The quantitative estimate of drug-likeness (QED) is 0.122. The van der Waals surface area contributed by atoms with E-state index in [-0.39, 0.29) is 51.1 Å². The molecule has 9 aromatic rings. The molecule has 7 aromatic carbocycles. The van der Waals surface area contributed by atoms with E-state index in [1.54, 1.807) is 109 Å². The van der Waals surface area contributed by atoms with Crippen molar-refractivity contribution in [3.05, 3.63) is 225 Å². The lowest BCUT2D eigenvalue weighted by molar-refractivity contribution is 0.101. The summed E-state index contributed by atoms with van der Waals surface area (Å²) in [6.07, 6.45) is 0. The number of para-hydroxylation sites is 3. The normalized spacial score (nSPS) is 10.2. The highest BCUT2D eigenvalue weighted by molar-refractivity contribution is 6.10. The predicted octanol–water partition coefficient (Wildman–Crippen LogP) is 10.5. The maximum atomic E-state index is 12.0. The average Bonchev–Trinajstić information content (AvgIpc) is 3.29. The molecule has 0 bridgehead atoms. The van der Waals surface area contributed by atoms with Gasteiger partial charge in [0.15, 0.2) is 22.8 Å². The number of fused-ring (bicyclic) bond motifs is 2. The number of rotatable bonds is 5. The molecule has 2 heterocycles. The van der Waals surface area contributed by atoms with Gasteiger partial charge >= 0.3 is 0 Å². The molecule has 0 saturated carbocycles. The zero-order chi connectivity index (χ0) is 43.3. The minimum atomic E-state index is -0.407. The third kappa shape index (κ3) is 10.3. The third-order valence-electron chi connectivity index (χ3n) is 9.07. The van der Waals surface area contributed by atoms with Crippen molar-refractivity contribution in [2.24, 2.45) is 0 Å². The minimum Gasteiger partial charge on any atom is -0.507 e. The second-order valence-corrected chi connectivity index (χ2v) is 13.2. The van der Waals surface area contributed by atoms with Crippen molar-refractivity contribution in [3.8, 4) is 45.6 Å². The maximum absolute atomic E-state index is 12.0. The highest BCUT2D eigenvalue weighted by Gasteiger charge is 2.15. The topological polar surface area (TPSA) is 175 Å². The van der Waals surface area contributed by atoms with Gasteiger partial charge in [0.1, 0.15) is 39.6 Å². The fourth-order valence-electron chi connectivity index (χ4n) is 6.04. The van der Waals surface area contributed by atoms with Gasteiger partial charge in [0.2, 0.25) is 11.2 Å². The van der Waals surface area contributed by atoms with E-state index >= 15 is 0 Å². The predicted molar refractivity (Wildman–Crippen MR) is 235 cm³/mol. The Kier molecular flexibility index (Phi) is 13.7. The van der Waals surface area contributed by atoms with Gasteiger partial charge in [0.05, 0.1) is 16.5 Å². The summed E-state index contributed by atoms with van der Waals surface area (Å²) >= 11 is 0. The molecule has 0 aliphatic heterocycles. The smallest absolute Gasteiger partial charge is 0.235 e. The molecule has 0 aliphatic rings. The van der Waals surface area contributed by atoms with Crippen LogP contribution in [0.25, 0.3) is 44.6 Å². The van der Waals surface area contributed by atoms with E-state index in [4.69, 9.17) is 13.9 Å². The lowest BCUT2D eigenvalue weighted by Gasteiger charge is -2.05. The summed E-state index contributed by atoms with van der Waals surface area (Å²) < 4.78 is 11.3. The van der Waals surface area contributed by atoms with Crippen molar-refractivity contribution >= 4 is 33.5 Å². The van der Waals surface area contributed by atoms with Gasteiger partial charge in [-0.2, -0.15) is 0 Å². The van der Waals surface area contributed by atoms with Crippen LogP contribution in [-0.4, -0.2) is 32.0 Å². The highest BCUT2D eigenvalue weighted by Crippen LogP contribution is 2.30. The first kappa shape index (κ1) is 42.1. The Hall–Kier alpha value is -8.50. The molecule has 0 saturated heterocycles. The van der Waals surface area contributed by atoms with Crippen molar-refractivity contribution in [1.29, 1.82) is 0 Å². The van der Waals surface area contributed by atoms with E-state index in [1.807, 2.05) is 54.6 Å². The summed E-state index contributed by atoms with van der Waals surface area (Å²) in [6, 6.07) is 53.5.